The summed E-state index contributed by atoms with van der Waals surface area (Å²) in [6.07, 6.45) is 2.67. The molecule has 0 N–H and O–H groups in total. The number of likely N-dealkylation sites (tertiary alicyclic amines) is 1. The van der Waals surface area contributed by atoms with Gasteiger partial charge in [0.15, 0.2) is 0 Å². The van der Waals surface area contributed by atoms with E-state index in [4.69, 9.17) is 4.74 Å². The van der Waals surface area contributed by atoms with Gasteiger partial charge in [-0.15, -0.1) is 0 Å². The fraction of sp³-hybridized carbons (Fsp3) is 0.571. The Morgan fingerprint density at radius 2 is 2.10 bits per heavy atom. The Labute approximate surface area is 122 Å². The van der Waals surface area contributed by atoms with Gasteiger partial charge in [-0.2, -0.15) is 5.10 Å². The molecule has 114 valence electrons. The van der Waals surface area contributed by atoms with Gasteiger partial charge in [0.1, 0.15) is 6.54 Å². The Hall–Kier alpha value is -2.18. The van der Waals surface area contributed by atoms with E-state index in [0.717, 1.165) is 4.68 Å². The first-order valence-corrected chi connectivity index (χ1v) is 7.08. The minimum absolute atomic E-state index is 0.0657. The SMILES string of the molecule is CCOC(=O)C1CCN(C(=O)Cn2ncccc2=O)CC1. The van der Waals surface area contributed by atoms with Gasteiger partial charge < -0.3 is 9.64 Å². The molecule has 1 saturated heterocycles. The number of nitrogens with zero attached hydrogens (tertiary/aromatic N) is 3. The van der Waals surface area contributed by atoms with Gasteiger partial charge in [-0.3, -0.25) is 14.4 Å². The van der Waals surface area contributed by atoms with Crippen LogP contribution in [0.15, 0.2) is 23.1 Å². The summed E-state index contributed by atoms with van der Waals surface area (Å²) in [5, 5.41) is 3.86. The predicted octanol–water partition coefficient (Wildman–Crippen LogP) is 0.0450. The van der Waals surface area contributed by atoms with Gasteiger partial charge in [0.25, 0.3) is 5.56 Å². The highest BCUT2D eigenvalue weighted by Gasteiger charge is 2.28. The van der Waals surface area contributed by atoms with Crippen molar-refractivity contribution in [2.75, 3.05) is 19.7 Å². The van der Waals surface area contributed by atoms with Crippen molar-refractivity contribution < 1.29 is 14.3 Å². The van der Waals surface area contributed by atoms with E-state index in [1.165, 1.54) is 18.3 Å². The number of carbonyl (C=O) groups excluding carboxylic acids is 2. The number of esters is 1. The van der Waals surface area contributed by atoms with Gasteiger partial charge >= 0.3 is 5.97 Å². The third-order valence-corrected chi connectivity index (χ3v) is 3.54. The summed E-state index contributed by atoms with van der Waals surface area (Å²) >= 11 is 0. The summed E-state index contributed by atoms with van der Waals surface area (Å²) in [6, 6.07) is 2.90. The van der Waals surface area contributed by atoms with E-state index in [9.17, 15) is 14.4 Å². The van der Waals surface area contributed by atoms with Crippen LogP contribution in [0.4, 0.5) is 0 Å². The van der Waals surface area contributed by atoms with Crippen LogP contribution in [0.2, 0.25) is 0 Å². The van der Waals surface area contributed by atoms with Crippen LogP contribution in [0.1, 0.15) is 19.8 Å². The topological polar surface area (TPSA) is 81.5 Å². The van der Waals surface area contributed by atoms with E-state index >= 15 is 0 Å². The number of amides is 1. The molecule has 7 nitrogen and oxygen atoms in total. The number of rotatable bonds is 4. The highest BCUT2D eigenvalue weighted by molar-refractivity contribution is 5.77. The minimum atomic E-state index is -0.299. The monoisotopic (exact) mass is 293 g/mol. The Kier molecular flexibility index (Phi) is 5.08. The van der Waals surface area contributed by atoms with Gasteiger partial charge in [0, 0.05) is 25.4 Å². The quantitative estimate of drug-likeness (QED) is 0.732. The third-order valence-electron chi connectivity index (χ3n) is 3.54. The molecule has 1 aliphatic rings. The van der Waals surface area contributed by atoms with Crippen LogP contribution in [0, 0.1) is 5.92 Å². The second-order valence-electron chi connectivity index (χ2n) is 4.93. The molecule has 0 atom stereocenters. The van der Waals surface area contributed by atoms with Crippen LogP contribution in [-0.2, 0) is 20.9 Å². The van der Waals surface area contributed by atoms with Crippen molar-refractivity contribution in [1.82, 2.24) is 14.7 Å². The average molecular weight is 293 g/mol. The lowest BCUT2D eigenvalue weighted by atomic mass is 9.97. The Morgan fingerprint density at radius 1 is 1.38 bits per heavy atom. The summed E-state index contributed by atoms with van der Waals surface area (Å²) in [5.74, 6) is -0.477. The maximum Gasteiger partial charge on any atom is 0.309 e. The second-order valence-corrected chi connectivity index (χ2v) is 4.93. The Balaban J connectivity index is 1.87. The molecule has 1 amide bonds. The number of aromatic nitrogens is 2. The maximum absolute atomic E-state index is 12.1. The van der Waals surface area contributed by atoms with E-state index in [1.54, 1.807) is 11.8 Å². The van der Waals surface area contributed by atoms with Gasteiger partial charge in [-0.1, -0.05) is 0 Å². The molecule has 0 spiro atoms. The molecule has 0 saturated carbocycles. The summed E-state index contributed by atoms with van der Waals surface area (Å²) in [5.41, 5.74) is -0.299. The van der Waals surface area contributed by atoms with E-state index in [0.29, 0.717) is 32.5 Å². The predicted molar refractivity (Wildman–Crippen MR) is 74.4 cm³/mol. The first-order valence-electron chi connectivity index (χ1n) is 7.08. The van der Waals surface area contributed by atoms with Crippen LogP contribution in [0.3, 0.4) is 0 Å². The van der Waals surface area contributed by atoms with E-state index < -0.39 is 0 Å². The average Bonchev–Trinajstić information content (AvgIpc) is 2.50. The lowest BCUT2D eigenvalue weighted by molar-refractivity contribution is -0.151. The summed E-state index contributed by atoms with van der Waals surface area (Å²) < 4.78 is 6.13. The molecular formula is C14H19N3O4. The van der Waals surface area contributed by atoms with E-state index in [1.807, 2.05) is 0 Å². The van der Waals surface area contributed by atoms with Crippen LogP contribution in [0.25, 0.3) is 0 Å². The van der Waals surface area contributed by atoms with Crippen LogP contribution in [-0.4, -0.2) is 46.3 Å². The normalized spacial score (nSPS) is 15.8. The number of hydrogen-bond acceptors (Lipinski definition) is 5. The van der Waals surface area contributed by atoms with E-state index in [2.05, 4.69) is 5.10 Å². The largest absolute Gasteiger partial charge is 0.466 e. The van der Waals surface area contributed by atoms with Crippen molar-refractivity contribution in [3.63, 3.8) is 0 Å². The first kappa shape index (κ1) is 15.2. The molecule has 0 bridgehead atoms. The first-order chi connectivity index (χ1) is 10.1. The zero-order chi connectivity index (χ0) is 15.2. The zero-order valence-corrected chi connectivity index (χ0v) is 12.0. The summed E-state index contributed by atoms with van der Waals surface area (Å²) in [7, 11) is 0. The fourth-order valence-corrected chi connectivity index (χ4v) is 2.36. The zero-order valence-electron chi connectivity index (χ0n) is 12.0. The molecule has 1 fully saturated rings. The molecule has 2 heterocycles. The summed E-state index contributed by atoms with van der Waals surface area (Å²) in [4.78, 5) is 36.9. The molecule has 0 aliphatic carbocycles. The number of ether oxygens (including phenoxy) is 1. The number of hydrogen-bond donors (Lipinski definition) is 0. The second kappa shape index (κ2) is 7.01. The molecule has 1 aromatic rings. The van der Waals surface area contributed by atoms with Gasteiger partial charge in [0.05, 0.1) is 12.5 Å². The molecule has 0 radical (unpaired) electrons. The maximum atomic E-state index is 12.1. The van der Waals surface area contributed by atoms with Crippen molar-refractivity contribution in [3.8, 4) is 0 Å². The van der Waals surface area contributed by atoms with Crippen molar-refractivity contribution >= 4 is 11.9 Å². The lowest BCUT2D eigenvalue weighted by Crippen LogP contribution is -2.43. The van der Waals surface area contributed by atoms with Crippen LogP contribution in [0.5, 0.6) is 0 Å². The standard InChI is InChI=1S/C14H19N3O4/c1-2-21-14(20)11-5-8-16(9-6-11)13(19)10-17-12(18)4-3-7-15-17/h3-4,7,11H,2,5-6,8-10H2,1H3. The van der Waals surface area contributed by atoms with Gasteiger partial charge in [-0.05, 0) is 25.8 Å². The van der Waals surface area contributed by atoms with E-state index in [-0.39, 0.29) is 29.9 Å². The minimum Gasteiger partial charge on any atom is -0.466 e. The molecule has 2 rings (SSSR count). The Bertz CT molecular complexity index is 561. The molecule has 21 heavy (non-hydrogen) atoms. The third kappa shape index (κ3) is 3.90. The number of carbonyl (C=O) groups is 2. The molecule has 0 aromatic carbocycles. The van der Waals surface area contributed by atoms with Crippen molar-refractivity contribution in [1.29, 1.82) is 0 Å². The highest BCUT2D eigenvalue weighted by Crippen LogP contribution is 2.18. The molecule has 1 aliphatic heterocycles. The van der Waals surface area contributed by atoms with Crippen LogP contribution >= 0.6 is 0 Å². The molecular weight excluding hydrogens is 274 g/mol. The molecule has 7 heteroatoms. The van der Waals surface area contributed by atoms with Gasteiger partial charge in [-0.25, -0.2) is 4.68 Å². The summed E-state index contributed by atoms with van der Waals surface area (Å²) in [6.45, 7) is 3.10. The lowest BCUT2D eigenvalue weighted by Gasteiger charge is -2.30. The smallest absolute Gasteiger partial charge is 0.309 e. The highest BCUT2D eigenvalue weighted by atomic mass is 16.5. The van der Waals surface area contributed by atoms with Crippen LogP contribution < -0.4 is 5.56 Å². The van der Waals surface area contributed by atoms with Crippen molar-refractivity contribution in [2.24, 2.45) is 5.92 Å². The van der Waals surface area contributed by atoms with Gasteiger partial charge in [0.2, 0.25) is 5.91 Å². The molecule has 1 aromatic heterocycles. The fourth-order valence-electron chi connectivity index (χ4n) is 2.36. The Morgan fingerprint density at radius 3 is 2.71 bits per heavy atom. The van der Waals surface area contributed by atoms with Crippen molar-refractivity contribution in [2.45, 2.75) is 26.3 Å². The number of piperidine rings is 1. The van der Waals surface area contributed by atoms with Crippen molar-refractivity contribution in [3.05, 3.63) is 28.7 Å². The molecule has 0 unspecified atom stereocenters.